The molecule has 0 N–H and O–H groups in total. The van der Waals surface area contributed by atoms with E-state index < -0.39 is 4.92 Å². The summed E-state index contributed by atoms with van der Waals surface area (Å²) >= 11 is 7.39. The van der Waals surface area contributed by atoms with Gasteiger partial charge in [0.2, 0.25) is 0 Å². The van der Waals surface area contributed by atoms with Crippen molar-refractivity contribution in [3.8, 4) is 0 Å². The van der Waals surface area contributed by atoms with Gasteiger partial charge in [-0.1, -0.05) is 17.7 Å². The summed E-state index contributed by atoms with van der Waals surface area (Å²) in [5, 5.41) is 11.5. The van der Waals surface area contributed by atoms with Crippen molar-refractivity contribution < 1.29 is 9.66 Å². The van der Waals surface area contributed by atoms with E-state index in [0.29, 0.717) is 10.1 Å². The Morgan fingerprint density at radius 2 is 2.12 bits per heavy atom. The van der Waals surface area contributed by atoms with Crippen molar-refractivity contribution in [2.75, 3.05) is 13.2 Å². The number of ether oxygens (including phenoxy) is 1. The van der Waals surface area contributed by atoms with Crippen LogP contribution in [-0.4, -0.2) is 23.4 Å². The summed E-state index contributed by atoms with van der Waals surface area (Å²) in [6.45, 7) is 1.46. The fourth-order valence-corrected chi connectivity index (χ4v) is 3.28. The normalized spacial score (nSPS) is 17.0. The number of thioether (sulfide) groups is 1. The number of halogens is 1. The molecule has 4 nitrogen and oxygen atoms in total. The molecule has 0 aromatic heterocycles. The van der Waals surface area contributed by atoms with Gasteiger partial charge < -0.3 is 4.74 Å². The first-order valence-electron chi connectivity index (χ1n) is 5.36. The highest BCUT2D eigenvalue weighted by molar-refractivity contribution is 8.00. The highest BCUT2D eigenvalue weighted by atomic mass is 35.5. The Bertz CT molecular complexity index is 421. The minimum Gasteiger partial charge on any atom is -0.381 e. The van der Waals surface area contributed by atoms with Crippen LogP contribution in [0.3, 0.4) is 0 Å². The minimum atomic E-state index is -0.413. The molecule has 0 bridgehead atoms. The van der Waals surface area contributed by atoms with Crippen LogP contribution < -0.4 is 0 Å². The largest absolute Gasteiger partial charge is 0.381 e. The Labute approximate surface area is 108 Å². The molecule has 0 unspecified atom stereocenters. The lowest BCUT2D eigenvalue weighted by molar-refractivity contribution is -0.387. The van der Waals surface area contributed by atoms with Crippen molar-refractivity contribution in [3.63, 3.8) is 0 Å². The number of nitrogens with zero attached hydrogens (tertiary/aromatic N) is 1. The van der Waals surface area contributed by atoms with E-state index in [1.807, 2.05) is 0 Å². The van der Waals surface area contributed by atoms with Crippen molar-refractivity contribution in [3.05, 3.63) is 33.3 Å². The number of nitro benzene ring substituents is 1. The van der Waals surface area contributed by atoms with E-state index in [2.05, 4.69) is 0 Å². The minimum absolute atomic E-state index is 0.0191. The number of benzene rings is 1. The summed E-state index contributed by atoms with van der Waals surface area (Å²) < 4.78 is 5.27. The van der Waals surface area contributed by atoms with Crippen molar-refractivity contribution in [2.24, 2.45) is 0 Å². The molecule has 92 valence electrons. The fourth-order valence-electron chi connectivity index (χ4n) is 1.74. The Balaban J connectivity index is 2.19. The quantitative estimate of drug-likeness (QED) is 0.625. The third kappa shape index (κ3) is 3.12. The molecule has 17 heavy (non-hydrogen) atoms. The average molecular weight is 274 g/mol. The molecular weight excluding hydrogens is 262 g/mol. The predicted octanol–water partition coefficient (Wildman–Crippen LogP) is 3.52. The van der Waals surface area contributed by atoms with Crippen molar-refractivity contribution in [1.82, 2.24) is 0 Å². The standard InChI is InChI=1S/C11H12ClNO3S/c12-9-2-1-3-10(11(9)13(14)15)17-8-4-6-16-7-5-8/h1-3,8H,4-7H2. The zero-order valence-electron chi connectivity index (χ0n) is 9.10. The fraction of sp³-hybridized carbons (Fsp3) is 0.455. The van der Waals surface area contributed by atoms with Crippen LogP contribution in [0, 0.1) is 10.1 Å². The lowest BCUT2D eigenvalue weighted by Crippen LogP contribution is -2.17. The van der Waals surface area contributed by atoms with Gasteiger partial charge in [0.15, 0.2) is 0 Å². The van der Waals surface area contributed by atoms with Crippen molar-refractivity contribution in [1.29, 1.82) is 0 Å². The number of rotatable bonds is 3. The van der Waals surface area contributed by atoms with Crippen molar-refractivity contribution in [2.45, 2.75) is 23.0 Å². The van der Waals surface area contributed by atoms with Gasteiger partial charge in [-0.25, -0.2) is 0 Å². The Morgan fingerprint density at radius 1 is 1.41 bits per heavy atom. The van der Waals surface area contributed by atoms with Crippen molar-refractivity contribution >= 4 is 29.1 Å². The van der Waals surface area contributed by atoms with Gasteiger partial charge in [-0.2, -0.15) is 0 Å². The number of hydrogen-bond acceptors (Lipinski definition) is 4. The van der Waals surface area contributed by atoms with E-state index in [0.717, 1.165) is 26.1 Å². The Hall–Kier alpha value is -0.780. The van der Waals surface area contributed by atoms with Gasteiger partial charge in [0.25, 0.3) is 0 Å². The van der Waals surface area contributed by atoms with Crippen LogP contribution in [0.25, 0.3) is 0 Å². The van der Waals surface area contributed by atoms with Gasteiger partial charge in [0, 0.05) is 18.5 Å². The zero-order valence-corrected chi connectivity index (χ0v) is 10.7. The first-order valence-corrected chi connectivity index (χ1v) is 6.61. The van der Waals surface area contributed by atoms with Gasteiger partial charge in [-0.3, -0.25) is 10.1 Å². The molecule has 1 saturated heterocycles. The van der Waals surface area contributed by atoms with Crippen LogP contribution in [0.5, 0.6) is 0 Å². The summed E-state index contributed by atoms with van der Waals surface area (Å²) in [6, 6.07) is 5.05. The summed E-state index contributed by atoms with van der Waals surface area (Å²) in [4.78, 5) is 11.2. The van der Waals surface area contributed by atoms with Crippen LogP contribution in [0.15, 0.2) is 23.1 Å². The molecule has 1 aromatic rings. The SMILES string of the molecule is O=[N+]([O-])c1c(Cl)cccc1SC1CCOCC1. The molecule has 1 fully saturated rings. The second kappa shape index (κ2) is 5.71. The van der Waals surface area contributed by atoms with E-state index in [-0.39, 0.29) is 10.7 Å². The van der Waals surface area contributed by atoms with E-state index in [4.69, 9.17) is 16.3 Å². The van der Waals surface area contributed by atoms with Crippen LogP contribution in [0.2, 0.25) is 5.02 Å². The molecule has 0 aliphatic carbocycles. The molecular formula is C11H12ClNO3S. The van der Waals surface area contributed by atoms with Crippen LogP contribution in [0.4, 0.5) is 5.69 Å². The number of hydrogen-bond donors (Lipinski definition) is 0. The lowest BCUT2D eigenvalue weighted by Gasteiger charge is -2.21. The zero-order chi connectivity index (χ0) is 12.3. The molecule has 0 amide bonds. The van der Waals surface area contributed by atoms with Crippen LogP contribution in [-0.2, 0) is 4.74 Å². The van der Waals surface area contributed by atoms with Gasteiger partial charge in [0.1, 0.15) is 5.02 Å². The molecule has 1 aliphatic rings. The van der Waals surface area contributed by atoms with Crippen LogP contribution >= 0.6 is 23.4 Å². The number of nitro groups is 1. The highest BCUT2D eigenvalue weighted by Crippen LogP contribution is 2.39. The third-order valence-electron chi connectivity index (χ3n) is 2.59. The summed E-state index contributed by atoms with van der Waals surface area (Å²) in [7, 11) is 0. The molecule has 0 radical (unpaired) electrons. The topological polar surface area (TPSA) is 52.4 Å². The molecule has 0 atom stereocenters. The Morgan fingerprint density at radius 3 is 2.76 bits per heavy atom. The molecule has 2 rings (SSSR count). The smallest absolute Gasteiger partial charge is 0.301 e. The van der Waals surface area contributed by atoms with E-state index in [1.165, 1.54) is 11.8 Å². The maximum Gasteiger partial charge on any atom is 0.301 e. The molecule has 0 saturated carbocycles. The second-order valence-corrected chi connectivity index (χ2v) is 5.52. The molecule has 1 aliphatic heterocycles. The van der Waals surface area contributed by atoms with Gasteiger partial charge in [-0.15, -0.1) is 11.8 Å². The Kier molecular flexibility index (Phi) is 4.25. The van der Waals surface area contributed by atoms with Crippen LogP contribution in [0.1, 0.15) is 12.8 Å². The van der Waals surface area contributed by atoms with Gasteiger partial charge in [-0.05, 0) is 25.0 Å². The summed E-state index contributed by atoms with van der Waals surface area (Å²) in [5.41, 5.74) is 0.0191. The number of para-hydroxylation sites is 1. The summed E-state index contributed by atoms with van der Waals surface area (Å²) in [6.07, 6.45) is 1.85. The maximum absolute atomic E-state index is 11.0. The van der Waals surface area contributed by atoms with E-state index in [9.17, 15) is 10.1 Å². The van der Waals surface area contributed by atoms with Gasteiger partial charge >= 0.3 is 5.69 Å². The molecule has 6 heteroatoms. The second-order valence-electron chi connectivity index (χ2n) is 3.77. The molecule has 0 spiro atoms. The van der Waals surface area contributed by atoms with E-state index >= 15 is 0 Å². The van der Waals surface area contributed by atoms with Gasteiger partial charge in [0.05, 0.1) is 9.82 Å². The average Bonchev–Trinajstić information content (AvgIpc) is 2.30. The lowest BCUT2D eigenvalue weighted by atomic mass is 10.2. The first kappa shape index (κ1) is 12.7. The maximum atomic E-state index is 11.0. The third-order valence-corrected chi connectivity index (χ3v) is 4.29. The predicted molar refractivity (Wildman–Crippen MR) is 67.8 cm³/mol. The monoisotopic (exact) mass is 273 g/mol. The first-order chi connectivity index (χ1) is 8.18. The highest BCUT2D eigenvalue weighted by Gasteiger charge is 2.23. The molecule has 1 aromatic carbocycles. The molecule has 1 heterocycles. The van der Waals surface area contributed by atoms with E-state index in [1.54, 1.807) is 18.2 Å². The summed E-state index contributed by atoms with van der Waals surface area (Å²) in [5.74, 6) is 0.